The van der Waals surface area contributed by atoms with Crippen molar-refractivity contribution in [1.82, 2.24) is 4.90 Å². The molecule has 1 amide bonds. The molecule has 0 unspecified atom stereocenters. The van der Waals surface area contributed by atoms with Gasteiger partial charge in [0.1, 0.15) is 4.21 Å². The maximum Gasteiger partial charge on any atom is 0.263 e. The fourth-order valence-electron chi connectivity index (χ4n) is 2.64. The smallest absolute Gasteiger partial charge is 0.263 e. The second-order valence-corrected chi connectivity index (χ2v) is 8.30. The molecule has 112 valence electrons. The molecule has 2 rings (SSSR count). The van der Waals surface area contributed by atoms with Crippen LogP contribution in [0.2, 0.25) is 0 Å². The summed E-state index contributed by atoms with van der Waals surface area (Å²) in [6.07, 6.45) is 4.81. The zero-order valence-electron chi connectivity index (χ0n) is 11.8. The van der Waals surface area contributed by atoms with Crippen molar-refractivity contribution >= 4 is 27.3 Å². The Balaban J connectivity index is 2.14. The van der Waals surface area contributed by atoms with E-state index in [1.165, 1.54) is 31.7 Å². The summed E-state index contributed by atoms with van der Waals surface area (Å²) in [6, 6.07) is 1.47. The summed E-state index contributed by atoms with van der Waals surface area (Å²) in [5, 5.41) is 5.11. The predicted molar refractivity (Wildman–Crippen MR) is 79.3 cm³/mol. The molecular formula is C13H20N2O3S2. The normalized spacial score (nSPS) is 16.6. The molecule has 0 spiro atoms. The molecule has 1 fully saturated rings. The number of hydrogen-bond donors (Lipinski definition) is 1. The predicted octanol–water partition coefficient (Wildman–Crippen LogP) is 1.97. The Morgan fingerprint density at radius 1 is 1.45 bits per heavy atom. The van der Waals surface area contributed by atoms with Crippen LogP contribution in [0.5, 0.6) is 0 Å². The van der Waals surface area contributed by atoms with Crippen molar-refractivity contribution in [3.63, 3.8) is 0 Å². The van der Waals surface area contributed by atoms with E-state index < -0.39 is 10.0 Å². The Kier molecular flexibility index (Phi) is 4.51. The monoisotopic (exact) mass is 316 g/mol. The second kappa shape index (κ2) is 5.83. The number of rotatable bonds is 4. The van der Waals surface area contributed by atoms with E-state index in [-0.39, 0.29) is 10.1 Å². The number of carbonyl (C=O) groups is 1. The van der Waals surface area contributed by atoms with Crippen molar-refractivity contribution in [3.05, 3.63) is 16.5 Å². The van der Waals surface area contributed by atoms with Gasteiger partial charge in [0.15, 0.2) is 0 Å². The largest absolute Gasteiger partial charge is 0.341 e. The van der Waals surface area contributed by atoms with Gasteiger partial charge in [0.25, 0.3) is 5.91 Å². The first-order valence-corrected chi connectivity index (χ1v) is 9.04. The molecule has 1 heterocycles. The topological polar surface area (TPSA) is 80.5 Å². The van der Waals surface area contributed by atoms with Gasteiger partial charge in [0.2, 0.25) is 10.0 Å². The SMILES string of the molecule is Cc1cc(S(N)(=O)=O)sc1C(=O)N(C)CC1CCCC1. The Labute approximate surface area is 123 Å². The van der Waals surface area contributed by atoms with Crippen molar-refractivity contribution in [2.75, 3.05) is 13.6 Å². The lowest BCUT2D eigenvalue weighted by Gasteiger charge is -2.20. The van der Waals surface area contributed by atoms with Gasteiger partial charge in [-0.15, -0.1) is 11.3 Å². The van der Waals surface area contributed by atoms with Gasteiger partial charge in [-0.2, -0.15) is 0 Å². The summed E-state index contributed by atoms with van der Waals surface area (Å²) in [5.74, 6) is 0.455. The molecule has 0 bridgehead atoms. The van der Waals surface area contributed by atoms with Crippen molar-refractivity contribution in [1.29, 1.82) is 0 Å². The molecular weight excluding hydrogens is 296 g/mol. The first kappa shape index (κ1) is 15.5. The highest BCUT2D eigenvalue weighted by molar-refractivity contribution is 7.91. The standard InChI is InChI=1S/C13H20N2O3S2/c1-9-7-11(20(14,17)18)19-12(9)13(16)15(2)8-10-5-3-4-6-10/h7,10H,3-6,8H2,1-2H3,(H2,14,17,18). The Morgan fingerprint density at radius 3 is 2.55 bits per heavy atom. The number of aryl methyl sites for hydroxylation is 1. The average molecular weight is 316 g/mol. The van der Waals surface area contributed by atoms with Gasteiger partial charge in [-0.1, -0.05) is 12.8 Å². The van der Waals surface area contributed by atoms with Crippen LogP contribution in [-0.4, -0.2) is 32.8 Å². The van der Waals surface area contributed by atoms with Gasteiger partial charge in [-0.05, 0) is 37.3 Å². The molecule has 0 atom stereocenters. The van der Waals surface area contributed by atoms with Gasteiger partial charge < -0.3 is 4.90 Å². The summed E-state index contributed by atoms with van der Waals surface area (Å²) in [7, 11) is -1.96. The highest BCUT2D eigenvalue weighted by Crippen LogP contribution is 2.28. The van der Waals surface area contributed by atoms with Gasteiger partial charge in [0.05, 0.1) is 4.88 Å². The number of thiophene rings is 1. The number of nitrogens with two attached hydrogens (primary N) is 1. The van der Waals surface area contributed by atoms with E-state index in [0.29, 0.717) is 16.4 Å². The molecule has 2 N–H and O–H groups in total. The van der Waals surface area contributed by atoms with Gasteiger partial charge in [0, 0.05) is 13.6 Å². The summed E-state index contributed by atoms with van der Waals surface area (Å²) in [5.41, 5.74) is 0.669. The van der Waals surface area contributed by atoms with Crippen LogP contribution < -0.4 is 5.14 Å². The molecule has 20 heavy (non-hydrogen) atoms. The Bertz CT molecular complexity index is 601. The summed E-state index contributed by atoms with van der Waals surface area (Å²) >= 11 is 0.957. The lowest BCUT2D eigenvalue weighted by atomic mass is 10.1. The summed E-state index contributed by atoms with van der Waals surface area (Å²) in [6.45, 7) is 2.47. The molecule has 0 saturated heterocycles. The summed E-state index contributed by atoms with van der Waals surface area (Å²) in [4.78, 5) is 14.6. The third-order valence-corrected chi connectivity index (χ3v) is 6.37. The molecule has 5 nitrogen and oxygen atoms in total. The summed E-state index contributed by atoms with van der Waals surface area (Å²) < 4.78 is 22.7. The van der Waals surface area contributed by atoms with Crippen LogP contribution in [0, 0.1) is 12.8 Å². The van der Waals surface area contributed by atoms with Gasteiger partial charge in [-0.25, -0.2) is 13.6 Å². The molecule has 1 aromatic heterocycles. The second-order valence-electron chi connectivity index (χ2n) is 5.46. The Morgan fingerprint density at radius 2 is 2.05 bits per heavy atom. The number of hydrogen-bond acceptors (Lipinski definition) is 4. The van der Waals surface area contributed by atoms with Gasteiger partial charge >= 0.3 is 0 Å². The first-order valence-electron chi connectivity index (χ1n) is 6.67. The molecule has 1 aliphatic carbocycles. The fourth-order valence-corrected chi connectivity index (χ4v) is 4.60. The molecule has 1 aromatic rings. The molecule has 0 radical (unpaired) electrons. The van der Waals surface area contributed by atoms with E-state index in [2.05, 4.69) is 0 Å². The quantitative estimate of drug-likeness (QED) is 0.922. The van der Waals surface area contributed by atoms with Crippen molar-refractivity contribution in [3.8, 4) is 0 Å². The van der Waals surface area contributed by atoms with Crippen molar-refractivity contribution in [2.45, 2.75) is 36.8 Å². The van der Waals surface area contributed by atoms with Crippen molar-refractivity contribution in [2.24, 2.45) is 11.1 Å². The van der Waals surface area contributed by atoms with Crippen LogP contribution in [0.3, 0.4) is 0 Å². The maximum absolute atomic E-state index is 12.4. The van der Waals surface area contributed by atoms with E-state index in [1.807, 2.05) is 0 Å². The van der Waals surface area contributed by atoms with E-state index in [4.69, 9.17) is 5.14 Å². The minimum absolute atomic E-state index is 0.0487. The molecule has 7 heteroatoms. The van der Waals surface area contributed by atoms with Crippen LogP contribution >= 0.6 is 11.3 Å². The van der Waals surface area contributed by atoms with E-state index in [9.17, 15) is 13.2 Å². The van der Waals surface area contributed by atoms with Crippen molar-refractivity contribution < 1.29 is 13.2 Å². The third kappa shape index (κ3) is 3.39. The number of nitrogens with zero attached hydrogens (tertiary/aromatic N) is 1. The lowest BCUT2D eigenvalue weighted by molar-refractivity contribution is 0.0777. The van der Waals surface area contributed by atoms with Crippen LogP contribution in [0.25, 0.3) is 0 Å². The van der Waals surface area contributed by atoms with Crippen LogP contribution in [0.1, 0.15) is 40.9 Å². The van der Waals surface area contributed by atoms with Gasteiger partial charge in [-0.3, -0.25) is 4.79 Å². The molecule has 1 aliphatic rings. The highest BCUT2D eigenvalue weighted by atomic mass is 32.2. The Hall–Kier alpha value is -0.920. The zero-order chi connectivity index (χ0) is 14.9. The number of sulfonamides is 1. The molecule has 0 aliphatic heterocycles. The van der Waals surface area contributed by atoms with E-state index in [1.54, 1.807) is 18.9 Å². The first-order chi connectivity index (χ1) is 9.29. The van der Waals surface area contributed by atoms with Crippen LogP contribution in [-0.2, 0) is 10.0 Å². The molecule has 0 aromatic carbocycles. The number of amides is 1. The maximum atomic E-state index is 12.4. The number of primary sulfonamides is 1. The third-order valence-electron chi connectivity index (χ3n) is 3.72. The van der Waals surface area contributed by atoms with Crippen LogP contribution in [0.4, 0.5) is 0 Å². The molecule has 1 saturated carbocycles. The zero-order valence-corrected chi connectivity index (χ0v) is 13.4. The highest BCUT2D eigenvalue weighted by Gasteiger charge is 2.24. The van der Waals surface area contributed by atoms with E-state index >= 15 is 0 Å². The number of carbonyl (C=O) groups excluding carboxylic acids is 1. The minimum atomic E-state index is -3.74. The lowest BCUT2D eigenvalue weighted by Crippen LogP contribution is -2.30. The average Bonchev–Trinajstić information content (AvgIpc) is 2.96. The fraction of sp³-hybridized carbons (Fsp3) is 0.615. The van der Waals surface area contributed by atoms with E-state index in [0.717, 1.165) is 17.9 Å². The minimum Gasteiger partial charge on any atom is -0.341 e. The van der Waals surface area contributed by atoms with Crippen LogP contribution in [0.15, 0.2) is 10.3 Å².